The predicted octanol–water partition coefficient (Wildman–Crippen LogP) is 10.2. The van der Waals surface area contributed by atoms with E-state index in [4.69, 9.17) is 14.2 Å². The molecule has 2 aromatic carbocycles. The van der Waals surface area contributed by atoms with Crippen molar-refractivity contribution in [2.75, 3.05) is 23.4 Å². The van der Waals surface area contributed by atoms with E-state index in [1.165, 1.54) is 4.90 Å². The van der Waals surface area contributed by atoms with Crippen molar-refractivity contribution >= 4 is 23.7 Å². The smallest absolute Gasteiger partial charge is 0.416 e. The minimum absolute atomic E-state index is 0.00280. The van der Waals surface area contributed by atoms with Gasteiger partial charge in [-0.1, -0.05) is 6.92 Å². The number of amides is 1. The van der Waals surface area contributed by atoms with Gasteiger partial charge in [0.15, 0.2) is 5.75 Å². The molecule has 1 fully saturated rings. The molecule has 1 saturated carbocycles. The molecule has 2 heterocycles. The van der Waals surface area contributed by atoms with Crippen LogP contribution in [0, 0.1) is 5.92 Å². The summed E-state index contributed by atoms with van der Waals surface area (Å²) in [7, 11) is 0. The lowest BCUT2D eigenvalue weighted by Crippen LogP contribution is -2.46. The summed E-state index contributed by atoms with van der Waals surface area (Å²) in [5.74, 6) is 1.07. The molecule has 9 nitrogen and oxygen atoms in total. The summed E-state index contributed by atoms with van der Waals surface area (Å²) >= 11 is 0. The number of fused-ring (bicyclic) bond motifs is 1. The van der Waals surface area contributed by atoms with E-state index in [-0.39, 0.29) is 59.8 Å². The molecule has 3 atom stereocenters. The minimum atomic E-state index is -5.13. The zero-order chi connectivity index (χ0) is 41.7. The predicted molar refractivity (Wildman–Crippen MR) is 189 cm³/mol. The molecule has 1 unspecified atom stereocenters. The fourth-order valence-corrected chi connectivity index (χ4v) is 7.33. The number of anilines is 2. The molecule has 5 rings (SSSR count). The average Bonchev–Trinajstić information content (AvgIpc) is 3.14. The molecule has 0 bridgehead atoms. The molecular formula is C39H41F9N4O5. The maximum atomic E-state index is 13.9. The summed E-state index contributed by atoms with van der Waals surface area (Å²) in [4.78, 5) is 34.7. The summed E-state index contributed by atoms with van der Waals surface area (Å²) in [5, 5.41) is 2.99. The number of ether oxygens (including phenoxy) is 3. The van der Waals surface area contributed by atoms with Crippen LogP contribution in [0.25, 0.3) is 0 Å². The maximum absolute atomic E-state index is 13.9. The summed E-state index contributed by atoms with van der Waals surface area (Å²) in [6, 6.07) is 2.43. The Morgan fingerprint density at radius 1 is 0.912 bits per heavy atom. The van der Waals surface area contributed by atoms with Gasteiger partial charge in [0.1, 0.15) is 12.0 Å². The van der Waals surface area contributed by atoms with E-state index in [1.54, 1.807) is 19.8 Å². The average molecular weight is 817 g/mol. The lowest BCUT2D eigenvalue weighted by Gasteiger charge is -2.40. The fraction of sp³-hybridized carbons (Fsp3) is 0.513. The molecule has 0 spiro atoms. The lowest BCUT2D eigenvalue weighted by molar-refractivity contribution is -0.143. The summed E-state index contributed by atoms with van der Waals surface area (Å²) in [6.07, 6.45) is -12.3. The first-order valence-corrected chi connectivity index (χ1v) is 18.4. The van der Waals surface area contributed by atoms with Crippen LogP contribution in [0.4, 0.5) is 55.9 Å². The van der Waals surface area contributed by atoms with Gasteiger partial charge in [-0.2, -0.15) is 39.5 Å². The van der Waals surface area contributed by atoms with Crippen molar-refractivity contribution in [1.82, 2.24) is 9.97 Å². The van der Waals surface area contributed by atoms with Crippen LogP contribution in [0.15, 0.2) is 48.7 Å². The van der Waals surface area contributed by atoms with Gasteiger partial charge < -0.3 is 19.5 Å². The van der Waals surface area contributed by atoms with Gasteiger partial charge >= 0.3 is 24.6 Å². The van der Waals surface area contributed by atoms with Crippen molar-refractivity contribution in [3.8, 4) is 5.75 Å². The van der Waals surface area contributed by atoms with E-state index in [9.17, 15) is 49.1 Å². The number of halogens is 9. The molecule has 310 valence electrons. The molecule has 0 radical (unpaired) electrons. The number of carbonyl (C=O) groups excluding carboxylic acids is 2. The number of nitrogens with one attached hydrogen (secondary N) is 1. The van der Waals surface area contributed by atoms with Gasteiger partial charge in [-0.05, 0) is 99.9 Å². The highest BCUT2D eigenvalue weighted by Crippen LogP contribution is 2.44. The number of alkyl halides is 9. The largest absolute Gasteiger partial charge is 0.482 e. The second-order valence-corrected chi connectivity index (χ2v) is 13.8. The van der Waals surface area contributed by atoms with E-state index in [0.717, 1.165) is 30.5 Å². The van der Waals surface area contributed by atoms with Crippen molar-refractivity contribution in [1.29, 1.82) is 0 Å². The quantitative estimate of drug-likeness (QED) is 0.142. The third kappa shape index (κ3) is 10.6. The van der Waals surface area contributed by atoms with Gasteiger partial charge in [0, 0.05) is 31.1 Å². The number of hydrogen-bond donors (Lipinski definition) is 1. The topological polar surface area (TPSA) is 103 Å². The van der Waals surface area contributed by atoms with Crippen LogP contribution >= 0.6 is 0 Å². The van der Waals surface area contributed by atoms with Crippen LogP contribution in [0.2, 0.25) is 0 Å². The molecule has 1 aliphatic heterocycles. The Labute approximate surface area is 322 Å². The van der Waals surface area contributed by atoms with Crippen LogP contribution in [-0.4, -0.2) is 53.5 Å². The molecule has 1 aliphatic carbocycles. The molecule has 18 heteroatoms. The monoisotopic (exact) mass is 816 g/mol. The van der Waals surface area contributed by atoms with E-state index < -0.39 is 71.5 Å². The van der Waals surface area contributed by atoms with Crippen LogP contribution < -0.4 is 15.0 Å². The van der Waals surface area contributed by atoms with Crippen molar-refractivity contribution < 1.29 is 63.3 Å². The Bertz CT molecular complexity index is 1890. The lowest BCUT2D eigenvalue weighted by atomic mass is 9.83. The molecule has 1 amide bonds. The Morgan fingerprint density at radius 2 is 1.56 bits per heavy atom. The highest BCUT2D eigenvalue weighted by molar-refractivity contribution is 5.90. The number of rotatable bonds is 12. The second kappa shape index (κ2) is 17.8. The molecular weight excluding hydrogens is 775 g/mol. The number of benzene rings is 2. The number of nitrogens with zero attached hydrogens (tertiary/aromatic N) is 3. The first-order valence-electron chi connectivity index (χ1n) is 18.4. The van der Waals surface area contributed by atoms with Crippen LogP contribution in [0.1, 0.15) is 98.8 Å². The summed E-state index contributed by atoms with van der Waals surface area (Å²) < 4.78 is 142. The summed E-state index contributed by atoms with van der Waals surface area (Å²) in [6.45, 7) is 5.72. The van der Waals surface area contributed by atoms with Gasteiger partial charge in [0.2, 0.25) is 5.95 Å². The van der Waals surface area contributed by atoms with Crippen molar-refractivity contribution in [3.63, 3.8) is 0 Å². The molecule has 3 aromatic rings. The molecule has 1 N–H and O–H groups in total. The zero-order valence-electron chi connectivity index (χ0n) is 31.2. The van der Waals surface area contributed by atoms with Crippen LogP contribution in [0.5, 0.6) is 5.75 Å². The van der Waals surface area contributed by atoms with E-state index >= 15 is 0 Å². The van der Waals surface area contributed by atoms with Crippen molar-refractivity contribution in [3.05, 3.63) is 82.2 Å². The van der Waals surface area contributed by atoms with E-state index in [0.29, 0.717) is 50.8 Å². The number of carbonyl (C=O) groups is 1. The first kappa shape index (κ1) is 43.3. The second-order valence-electron chi connectivity index (χ2n) is 13.8. The van der Waals surface area contributed by atoms with E-state index in [1.807, 2.05) is 6.92 Å². The third-order valence-corrected chi connectivity index (χ3v) is 10.0. The maximum Gasteiger partial charge on any atom is 0.416 e. The first-order chi connectivity index (χ1) is 26.9. The van der Waals surface area contributed by atoms with Gasteiger partial charge in [-0.3, -0.25) is 4.90 Å². The molecule has 2 aliphatic rings. The fourth-order valence-electron chi connectivity index (χ4n) is 7.33. The highest BCUT2D eigenvalue weighted by atomic mass is 19.4. The van der Waals surface area contributed by atoms with Crippen LogP contribution in [-0.2, 0) is 39.2 Å². The van der Waals surface area contributed by atoms with Crippen LogP contribution in [0.3, 0.4) is 0 Å². The minimum Gasteiger partial charge on any atom is -0.482 e. The Balaban J connectivity index is 1.58. The summed E-state index contributed by atoms with van der Waals surface area (Å²) in [5.41, 5.74) is -4.54. The van der Waals surface area contributed by atoms with Gasteiger partial charge in [0.05, 0.1) is 53.0 Å². The Hall–Kier alpha value is -4.83. The Morgan fingerprint density at radius 3 is 2.12 bits per heavy atom. The van der Waals surface area contributed by atoms with Gasteiger partial charge in [0.25, 0.3) is 0 Å². The third-order valence-electron chi connectivity index (χ3n) is 10.0. The van der Waals surface area contributed by atoms with Crippen molar-refractivity contribution in [2.45, 2.75) is 109 Å². The van der Waals surface area contributed by atoms with E-state index in [2.05, 4.69) is 15.3 Å². The number of hydrogen-bond acceptors (Lipinski definition) is 8. The van der Waals surface area contributed by atoms with Crippen molar-refractivity contribution in [2.24, 2.45) is 5.92 Å². The standard InChI is InChI=1S/C39H41F9N4O5/c1-4-27-20-30(29-19-24(37(40,41)42)9-12-32(29)52(27)36(54)56-6-3)50-35-49-21-34(57-33(13-14-53)23-7-10-28(11-8-23)55-5-2)31(51-35)17-22-15-25(38(43,44)45)18-26(16-22)39(46,47)48/h9,12-13,15-16,18-19,21,23,27-28,30,33H,4-8,10-11,17,20H2,1-3H3,(H,49,50,51)/t23?,27-,28?,30+,33?/m1/s1. The van der Waals surface area contributed by atoms with Gasteiger partial charge in [-0.25, -0.2) is 19.6 Å². The Kier molecular flexibility index (Phi) is 13.5. The molecule has 1 aromatic heterocycles. The molecule has 57 heavy (non-hydrogen) atoms. The SMILES string of the molecule is CCOC(=O)N1c2ccc(C(F)(F)F)cc2[C@@H](Nc2ncc(OC(C=C=O)C3CCC(OCC)CC3)c(Cc3cc(C(F)(F)F)cc(C(F)(F)F)c3)n2)C[C@H]1CC. The molecule has 0 saturated heterocycles. The number of aromatic nitrogens is 2. The van der Waals surface area contributed by atoms with Gasteiger partial charge in [-0.15, -0.1) is 0 Å². The zero-order valence-corrected chi connectivity index (χ0v) is 31.2. The normalized spacial score (nSPS) is 20.6. The highest BCUT2D eigenvalue weighted by Gasteiger charge is 2.40.